The maximum Gasteiger partial charge on any atom is 0.265 e. The molecule has 0 amide bonds. The van der Waals surface area contributed by atoms with Gasteiger partial charge in [-0.25, -0.2) is 22.5 Å². The first kappa shape index (κ1) is 27.6. The number of nitrogens with zero attached hydrogens (tertiary/aromatic N) is 4. The van der Waals surface area contributed by atoms with Gasteiger partial charge in [-0.15, -0.1) is 0 Å². The lowest BCUT2D eigenvalue weighted by molar-refractivity contribution is 0.151. The van der Waals surface area contributed by atoms with Crippen LogP contribution < -0.4 is 15.8 Å². The van der Waals surface area contributed by atoms with E-state index < -0.39 is 29.7 Å². The molecule has 1 saturated heterocycles. The molecule has 40 heavy (non-hydrogen) atoms. The zero-order chi connectivity index (χ0) is 28.7. The standard InChI is InChI=1S/C30H31F4N5O/c1-17-11-21(18(2)36-26-6-5-20(31)14-24(26)28(33)34)22-15-27(38(4)30(40)23(22)12-17)19-13-25(32)29(35-16-19)39-9-7-37(3)8-10-39/h5-6,11-16,18,28,36H,7-10H2,1-4H3/t18-/m1/s1. The van der Waals surface area contributed by atoms with Crippen LogP contribution in [0.3, 0.4) is 0 Å². The number of hydrogen-bond acceptors (Lipinski definition) is 5. The number of hydrogen-bond donors (Lipinski definition) is 1. The van der Waals surface area contributed by atoms with Gasteiger partial charge < -0.3 is 19.7 Å². The zero-order valence-electron chi connectivity index (χ0n) is 22.8. The van der Waals surface area contributed by atoms with Crippen molar-refractivity contribution in [2.45, 2.75) is 26.3 Å². The Morgan fingerprint density at radius 3 is 2.33 bits per heavy atom. The zero-order valence-corrected chi connectivity index (χ0v) is 22.8. The molecule has 10 heteroatoms. The van der Waals surface area contributed by atoms with Crippen molar-refractivity contribution >= 4 is 22.3 Å². The van der Waals surface area contributed by atoms with Crippen LogP contribution in [0.2, 0.25) is 0 Å². The van der Waals surface area contributed by atoms with Gasteiger partial charge in [0.25, 0.3) is 12.0 Å². The van der Waals surface area contributed by atoms with Gasteiger partial charge in [-0.3, -0.25) is 4.79 Å². The minimum Gasteiger partial charge on any atom is -0.378 e. The fraction of sp³-hybridized carbons (Fsp3) is 0.333. The molecule has 1 atom stereocenters. The molecule has 6 nitrogen and oxygen atoms in total. The minimum atomic E-state index is -2.87. The van der Waals surface area contributed by atoms with Gasteiger partial charge >= 0.3 is 0 Å². The smallest absolute Gasteiger partial charge is 0.265 e. The van der Waals surface area contributed by atoms with Crippen LogP contribution in [0.4, 0.5) is 29.1 Å². The lowest BCUT2D eigenvalue weighted by Gasteiger charge is -2.33. The number of alkyl halides is 2. The van der Waals surface area contributed by atoms with Crippen LogP contribution in [-0.4, -0.2) is 47.7 Å². The van der Waals surface area contributed by atoms with Crippen LogP contribution in [0.15, 0.2) is 53.5 Å². The number of fused-ring (bicyclic) bond motifs is 1. The van der Waals surface area contributed by atoms with Crippen LogP contribution in [0.25, 0.3) is 22.0 Å². The van der Waals surface area contributed by atoms with E-state index in [-0.39, 0.29) is 17.1 Å². The third-order valence-corrected chi connectivity index (χ3v) is 7.54. The lowest BCUT2D eigenvalue weighted by atomic mass is 9.96. The molecule has 0 radical (unpaired) electrons. The average Bonchev–Trinajstić information content (AvgIpc) is 2.92. The average molecular weight is 554 g/mol. The van der Waals surface area contributed by atoms with E-state index in [4.69, 9.17) is 0 Å². The first-order valence-corrected chi connectivity index (χ1v) is 13.1. The molecule has 0 bridgehead atoms. The third kappa shape index (κ3) is 5.28. The molecule has 1 aliphatic heterocycles. The molecule has 1 aliphatic rings. The lowest BCUT2D eigenvalue weighted by Crippen LogP contribution is -2.45. The van der Waals surface area contributed by atoms with Gasteiger partial charge in [-0.1, -0.05) is 6.07 Å². The van der Waals surface area contributed by atoms with E-state index in [0.717, 1.165) is 30.8 Å². The molecular formula is C30H31F4N5O. The highest BCUT2D eigenvalue weighted by atomic mass is 19.3. The highest BCUT2D eigenvalue weighted by Gasteiger charge is 2.22. The number of benzene rings is 2. The number of piperazine rings is 1. The highest BCUT2D eigenvalue weighted by Crippen LogP contribution is 2.34. The minimum absolute atomic E-state index is 0.105. The molecule has 2 aromatic carbocycles. The normalized spacial score (nSPS) is 15.2. The van der Waals surface area contributed by atoms with Crippen molar-refractivity contribution in [3.8, 4) is 11.3 Å². The number of aromatic nitrogens is 2. The molecule has 5 rings (SSSR count). The van der Waals surface area contributed by atoms with Crippen molar-refractivity contribution in [1.82, 2.24) is 14.5 Å². The Morgan fingerprint density at radius 1 is 0.925 bits per heavy atom. The number of halogens is 4. The second kappa shape index (κ2) is 10.9. The fourth-order valence-corrected chi connectivity index (χ4v) is 5.30. The van der Waals surface area contributed by atoms with Crippen LogP contribution in [0.5, 0.6) is 0 Å². The summed E-state index contributed by atoms with van der Waals surface area (Å²) in [5.41, 5.74) is 1.82. The van der Waals surface area contributed by atoms with Gasteiger partial charge in [-0.2, -0.15) is 0 Å². The summed E-state index contributed by atoms with van der Waals surface area (Å²) in [5, 5.41) is 4.12. The summed E-state index contributed by atoms with van der Waals surface area (Å²) >= 11 is 0. The number of aryl methyl sites for hydroxylation is 1. The Kier molecular flexibility index (Phi) is 7.55. The summed E-state index contributed by atoms with van der Waals surface area (Å²) in [4.78, 5) is 22.0. The number of likely N-dealkylation sites (N-methyl/N-ethyl adjacent to an activating group) is 1. The van der Waals surface area contributed by atoms with Gasteiger partial charge in [0.05, 0.1) is 5.69 Å². The second-order valence-electron chi connectivity index (χ2n) is 10.4. The molecule has 1 fully saturated rings. The van der Waals surface area contributed by atoms with Gasteiger partial charge in [0.1, 0.15) is 5.82 Å². The van der Waals surface area contributed by atoms with E-state index >= 15 is 4.39 Å². The summed E-state index contributed by atoms with van der Waals surface area (Å²) in [6.07, 6.45) is -1.30. The molecule has 1 N–H and O–H groups in total. The SMILES string of the molecule is Cc1cc([C@@H](C)Nc2ccc(F)cc2C(F)F)c2cc(-c3cnc(N4CCN(C)CC4)c(F)c3)n(C)c(=O)c2c1. The summed E-state index contributed by atoms with van der Waals surface area (Å²) < 4.78 is 57.7. The number of nitrogens with one attached hydrogen (secondary N) is 1. The van der Waals surface area contributed by atoms with Crippen molar-refractivity contribution in [2.75, 3.05) is 43.4 Å². The Bertz CT molecular complexity index is 1630. The molecule has 0 saturated carbocycles. The van der Waals surface area contributed by atoms with E-state index in [9.17, 15) is 18.0 Å². The number of anilines is 2. The van der Waals surface area contributed by atoms with Crippen LogP contribution in [0, 0.1) is 18.6 Å². The third-order valence-electron chi connectivity index (χ3n) is 7.54. The second-order valence-corrected chi connectivity index (χ2v) is 10.4. The first-order chi connectivity index (χ1) is 19.0. The predicted octanol–water partition coefficient (Wildman–Crippen LogP) is 6.05. The Morgan fingerprint density at radius 2 is 1.65 bits per heavy atom. The Labute approximate surface area is 229 Å². The van der Waals surface area contributed by atoms with Gasteiger partial charge in [0, 0.05) is 67.7 Å². The van der Waals surface area contributed by atoms with Crippen molar-refractivity contribution in [3.05, 3.63) is 87.3 Å². The summed E-state index contributed by atoms with van der Waals surface area (Å²) in [5.74, 6) is -0.933. The van der Waals surface area contributed by atoms with Crippen LogP contribution >= 0.6 is 0 Å². The summed E-state index contributed by atoms with van der Waals surface area (Å²) in [7, 11) is 3.65. The molecular weight excluding hydrogens is 522 g/mol. The van der Waals surface area contributed by atoms with Crippen LogP contribution in [-0.2, 0) is 7.05 Å². The number of rotatable bonds is 6. The van der Waals surface area contributed by atoms with E-state index in [1.165, 1.54) is 16.7 Å². The molecule has 4 aromatic rings. The monoisotopic (exact) mass is 553 g/mol. The van der Waals surface area contributed by atoms with Crippen molar-refractivity contribution in [1.29, 1.82) is 0 Å². The molecule has 3 heterocycles. The summed E-state index contributed by atoms with van der Waals surface area (Å²) in [6.45, 7) is 6.60. The Balaban J connectivity index is 1.57. The molecule has 0 aliphatic carbocycles. The van der Waals surface area contributed by atoms with E-state index in [1.807, 2.05) is 24.9 Å². The van der Waals surface area contributed by atoms with Gasteiger partial charge in [0.15, 0.2) is 11.6 Å². The molecule has 210 valence electrons. The largest absolute Gasteiger partial charge is 0.378 e. The van der Waals surface area contributed by atoms with Gasteiger partial charge in [0.2, 0.25) is 0 Å². The van der Waals surface area contributed by atoms with Crippen molar-refractivity contribution in [2.24, 2.45) is 7.05 Å². The van der Waals surface area contributed by atoms with Gasteiger partial charge in [-0.05, 0) is 73.8 Å². The maximum atomic E-state index is 15.3. The highest BCUT2D eigenvalue weighted by molar-refractivity contribution is 5.89. The number of pyridine rings is 2. The van der Waals surface area contributed by atoms with Crippen LogP contribution in [0.1, 0.15) is 36.1 Å². The van der Waals surface area contributed by atoms with Crippen molar-refractivity contribution < 1.29 is 17.6 Å². The summed E-state index contributed by atoms with van der Waals surface area (Å²) in [6, 6.07) is 9.55. The Hall–Kier alpha value is -3.92. The molecule has 2 aromatic heterocycles. The topological polar surface area (TPSA) is 53.4 Å². The first-order valence-electron chi connectivity index (χ1n) is 13.1. The predicted molar refractivity (Wildman–Crippen MR) is 150 cm³/mol. The van der Waals surface area contributed by atoms with Crippen molar-refractivity contribution in [3.63, 3.8) is 0 Å². The van der Waals surface area contributed by atoms with E-state index in [2.05, 4.69) is 15.2 Å². The molecule has 0 spiro atoms. The molecule has 0 unspecified atom stereocenters. The quantitative estimate of drug-likeness (QED) is 0.295. The fourth-order valence-electron chi connectivity index (χ4n) is 5.30. The van der Waals surface area contributed by atoms with E-state index in [0.29, 0.717) is 40.7 Å². The maximum absolute atomic E-state index is 15.3. The van der Waals surface area contributed by atoms with E-state index in [1.54, 1.807) is 32.3 Å².